The SMILES string of the molecule is CC1(C)CC(=O)c2cc(C(=O)Nc3ccc4c(c3)C(=O)NC4=O)c(=O)n(-c3ccccc3)c2C1. The molecule has 3 aromatic rings. The van der Waals surface area contributed by atoms with Crippen molar-refractivity contribution in [2.75, 3.05) is 5.32 Å². The van der Waals surface area contributed by atoms with Crippen LogP contribution in [0.3, 0.4) is 0 Å². The third kappa shape index (κ3) is 3.53. The highest BCUT2D eigenvalue weighted by Crippen LogP contribution is 2.35. The number of amides is 3. The Bertz CT molecular complexity index is 1470. The molecule has 8 heteroatoms. The maximum absolute atomic E-state index is 13.6. The molecule has 0 bridgehead atoms. The molecule has 170 valence electrons. The summed E-state index contributed by atoms with van der Waals surface area (Å²) in [4.78, 5) is 63.5. The van der Waals surface area contributed by atoms with E-state index in [2.05, 4.69) is 10.6 Å². The van der Waals surface area contributed by atoms with E-state index in [1.807, 2.05) is 19.9 Å². The van der Waals surface area contributed by atoms with Crippen molar-refractivity contribution in [2.24, 2.45) is 5.41 Å². The van der Waals surface area contributed by atoms with Crippen LogP contribution in [0.1, 0.15) is 67.4 Å². The van der Waals surface area contributed by atoms with Crippen molar-refractivity contribution in [3.05, 3.63) is 92.9 Å². The average Bonchev–Trinajstić information content (AvgIpc) is 3.06. The van der Waals surface area contributed by atoms with Crippen LogP contribution in [-0.2, 0) is 6.42 Å². The smallest absolute Gasteiger partial charge is 0.268 e. The lowest BCUT2D eigenvalue weighted by Gasteiger charge is -2.32. The number of ketones is 1. The van der Waals surface area contributed by atoms with Crippen LogP contribution in [0.25, 0.3) is 5.69 Å². The molecule has 0 spiro atoms. The van der Waals surface area contributed by atoms with Gasteiger partial charge in [0.1, 0.15) is 5.56 Å². The van der Waals surface area contributed by atoms with Crippen LogP contribution in [0, 0.1) is 5.41 Å². The number of nitrogens with one attached hydrogen (secondary N) is 2. The maximum atomic E-state index is 13.6. The number of benzene rings is 2. The lowest BCUT2D eigenvalue weighted by atomic mass is 9.75. The number of pyridine rings is 1. The number of imide groups is 1. The first kappa shape index (κ1) is 21.5. The number of aromatic nitrogens is 1. The standard InChI is InChI=1S/C26H21N3O5/c1-26(2)12-20-18(21(30)13-26)11-19(25(34)29(20)15-6-4-3-5-7-15)24(33)27-14-8-9-16-17(10-14)23(32)28-22(16)31/h3-11H,12-13H2,1-2H3,(H,27,33)(H,28,31,32). The Hall–Kier alpha value is -4.33. The predicted molar refractivity (Wildman–Crippen MR) is 125 cm³/mol. The van der Waals surface area contributed by atoms with E-state index in [1.54, 1.807) is 24.3 Å². The summed E-state index contributed by atoms with van der Waals surface area (Å²) in [5.74, 6) is -1.89. The number of para-hydroxylation sites is 1. The molecule has 0 saturated carbocycles. The highest BCUT2D eigenvalue weighted by atomic mass is 16.2. The fourth-order valence-corrected chi connectivity index (χ4v) is 4.57. The number of carbonyl (C=O) groups excluding carboxylic acids is 4. The molecule has 0 atom stereocenters. The molecule has 3 amide bonds. The molecule has 0 radical (unpaired) electrons. The lowest BCUT2D eigenvalue weighted by molar-refractivity contribution is 0.0874. The van der Waals surface area contributed by atoms with E-state index in [1.165, 1.54) is 28.8 Å². The van der Waals surface area contributed by atoms with Gasteiger partial charge in [0, 0.05) is 29.1 Å². The number of hydrogen-bond acceptors (Lipinski definition) is 5. The second-order valence-corrected chi connectivity index (χ2v) is 9.33. The van der Waals surface area contributed by atoms with Gasteiger partial charge in [-0.2, -0.15) is 0 Å². The van der Waals surface area contributed by atoms with E-state index in [4.69, 9.17) is 0 Å². The van der Waals surface area contributed by atoms with Gasteiger partial charge >= 0.3 is 0 Å². The largest absolute Gasteiger partial charge is 0.322 e. The van der Waals surface area contributed by atoms with E-state index in [-0.39, 0.29) is 33.6 Å². The lowest BCUT2D eigenvalue weighted by Crippen LogP contribution is -2.37. The van der Waals surface area contributed by atoms with Crippen LogP contribution in [0.4, 0.5) is 5.69 Å². The minimum absolute atomic E-state index is 0.127. The number of fused-ring (bicyclic) bond motifs is 2. The van der Waals surface area contributed by atoms with Crippen molar-refractivity contribution < 1.29 is 19.2 Å². The topological polar surface area (TPSA) is 114 Å². The molecule has 2 heterocycles. The molecule has 2 aromatic carbocycles. The van der Waals surface area contributed by atoms with Crippen molar-refractivity contribution in [3.63, 3.8) is 0 Å². The van der Waals surface area contributed by atoms with Crippen LogP contribution in [0.2, 0.25) is 0 Å². The Balaban J connectivity index is 1.61. The number of Topliss-reactive ketones (excluding diaryl/α,β-unsaturated/α-hetero) is 1. The van der Waals surface area contributed by atoms with Gasteiger partial charge in [-0.25, -0.2) is 0 Å². The molecule has 2 aliphatic rings. The quantitative estimate of drug-likeness (QED) is 0.589. The maximum Gasteiger partial charge on any atom is 0.268 e. The molecule has 8 nitrogen and oxygen atoms in total. The Morgan fingerprint density at radius 3 is 2.32 bits per heavy atom. The van der Waals surface area contributed by atoms with Gasteiger partial charge in [0.05, 0.1) is 11.1 Å². The summed E-state index contributed by atoms with van der Waals surface area (Å²) in [6.07, 6.45) is 0.816. The second kappa shape index (κ2) is 7.62. The van der Waals surface area contributed by atoms with Gasteiger partial charge in [0.15, 0.2) is 5.78 Å². The number of anilines is 1. The number of rotatable bonds is 3. The minimum atomic E-state index is -0.709. The van der Waals surface area contributed by atoms with E-state index < -0.39 is 23.3 Å². The summed E-state index contributed by atoms with van der Waals surface area (Å²) in [5.41, 5.74) is 1.08. The Morgan fingerprint density at radius 2 is 1.59 bits per heavy atom. The average molecular weight is 455 g/mol. The Kier molecular flexibility index (Phi) is 4.82. The van der Waals surface area contributed by atoms with Crippen LogP contribution < -0.4 is 16.2 Å². The summed E-state index contributed by atoms with van der Waals surface area (Å²) in [6.45, 7) is 3.95. The first-order valence-corrected chi connectivity index (χ1v) is 10.8. The fourth-order valence-electron chi connectivity index (χ4n) is 4.57. The monoisotopic (exact) mass is 455 g/mol. The molecule has 2 N–H and O–H groups in total. The predicted octanol–water partition coefficient (Wildman–Crippen LogP) is 3.13. The zero-order chi connectivity index (χ0) is 24.2. The molecular weight excluding hydrogens is 434 g/mol. The van der Waals surface area contributed by atoms with Crippen molar-refractivity contribution in [3.8, 4) is 5.69 Å². The second-order valence-electron chi connectivity index (χ2n) is 9.33. The van der Waals surface area contributed by atoms with E-state index in [0.717, 1.165) is 0 Å². The van der Waals surface area contributed by atoms with Crippen LogP contribution in [0.5, 0.6) is 0 Å². The van der Waals surface area contributed by atoms with Gasteiger partial charge in [-0.05, 0) is 48.2 Å². The molecule has 1 aliphatic heterocycles. The highest BCUT2D eigenvalue weighted by Gasteiger charge is 2.35. The number of nitrogens with zero attached hydrogens (tertiary/aromatic N) is 1. The van der Waals surface area contributed by atoms with Gasteiger partial charge in [-0.15, -0.1) is 0 Å². The molecule has 0 saturated heterocycles. The molecule has 5 rings (SSSR count). The van der Waals surface area contributed by atoms with E-state index in [9.17, 15) is 24.0 Å². The van der Waals surface area contributed by atoms with Crippen LogP contribution in [-0.4, -0.2) is 28.1 Å². The normalized spacial score (nSPS) is 16.0. The zero-order valence-electron chi connectivity index (χ0n) is 18.6. The Morgan fingerprint density at radius 1 is 0.882 bits per heavy atom. The summed E-state index contributed by atoms with van der Waals surface area (Å²) >= 11 is 0. The van der Waals surface area contributed by atoms with Crippen LogP contribution >= 0.6 is 0 Å². The first-order valence-electron chi connectivity index (χ1n) is 10.8. The highest BCUT2D eigenvalue weighted by molar-refractivity contribution is 6.22. The first-order chi connectivity index (χ1) is 16.1. The van der Waals surface area contributed by atoms with Gasteiger partial charge in [-0.3, -0.25) is 33.9 Å². The minimum Gasteiger partial charge on any atom is -0.322 e. The molecule has 1 aromatic heterocycles. The van der Waals surface area contributed by atoms with Crippen molar-refractivity contribution in [2.45, 2.75) is 26.7 Å². The summed E-state index contributed by atoms with van der Waals surface area (Å²) in [5, 5.41) is 4.82. The number of carbonyl (C=O) groups is 4. The summed E-state index contributed by atoms with van der Waals surface area (Å²) in [6, 6.07) is 14.6. The van der Waals surface area contributed by atoms with Crippen LogP contribution in [0.15, 0.2) is 59.4 Å². The molecular formula is C26H21N3O5. The molecule has 1 aliphatic carbocycles. The third-order valence-corrected chi connectivity index (χ3v) is 6.14. The number of hydrogen-bond donors (Lipinski definition) is 2. The summed E-state index contributed by atoms with van der Waals surface area (Å²) in [7, 11) is 0. The Labute approximate surface area is 194 Å². The summed E-state index contributed by atoms with van der Waals surface area (Å²) < 4.78 is 1.44. The van der Waals surface area contributed by atoms with E-state index in [0.29, 0.717) is 29.8 Å². The van der Waals surface area contributed by atoms with Gasteiger partial charge in [0.2, 0.25) is 0 Å². The van der Waals surface area contributed by atoms with Crippen molar-refractivity contribution >= 4 is 29.2 Å². The van der Waals surface area contributed by atoms with Crippen molar-refractivity contribution in [1.82, 2.24) is 9.88 Å². The fraction of sp³-hybridized carbons (Fsp3) is 0.192. The van der Waals surface area contributed by atoms with Gasteiger partial charge in [-0.1, -0.05) is 32.0 Å². The van der Waals surface area contributed by atoms with E-state index >= 15 is 0 Å². The zero-order valence-corrected chi connectivity index (χ0v) is 18.6. The molecule has 0 unspecified atom stereocenters. The van der Waals surface area contributed by atoms with Gasteiger partial charge in [0.25, 0.3) is 23.3 Å². The molecule has 0 fully saturated rings. The third-order valence-electron chi connectivity index (χ3n) is 6.14. The van der Waals surface area contributed by atoms with Gasteiger partial charge < -0.3 is 5.32 Å². The molecule has 34 heavy (non-hydrogen) atoms. The van der Waals surface area contributed by atoms with Crippen molar-refractivity contribution in [1.29, 1.82) is 0 Å².